The zero-order chi connectivity index (χ0) is 10.4. The van der Waals surface area contributed by atoms with Crippen molar-refractivity contribution in [2.75, 3.05) is 13.2 Å². The van der Waals surface area contributed by atoms with Crippen molar-refractivity contribution in [2.24, 2.45) is 0 Å². The van der Waals surface area contributed by atoms with E-state index in [1.807, 2.05) is 0 Å². The third-order valence-electron chi connectivity index (χ3n) is 1.70. The van der Waals surface area contributed by atoms with E-state index in [0.717, 1.165) is 5.56 Å². The number of carbonyl (C=O) groups excluding carboxylic acids is 1. The fraction of sp³-hybridized carbons (Fsp3) is 0.182. The number of rotatable bonds is 4. The number of ether oxygens (including phenoxy) is 1. The fourth-order valence-electron chi connectivity index (χ4n) is 0.973. The largest absolute Gasteiger partial charge is 0.460 e. The summed E-state index contributed by atoms with van der Waals surface area (Å²) in [5.74, 6) is -0.462. The molecule has 0 saturated carbocycles. The molecule has 0 fully saturated rings. The number of hydrogen-bond donors (Lipinski definition) is 0. The van der Waals surface area contributed by atoms with E-state index in [-0.39, 0.29) is 6.61 Å². The van der Waals surface area contributed by atoms with E-state index in [1.54, 1.807) is 30.3 Å². The van der Waals surface area contributed by atoms with E-state index in [1.165, 1.54) is 0 Å². The Bertz CT molecular complexity index is 314. The van der Waals surface area contributed by atoms with Crippen LogP contribution in [0.4, 0.5) is 0 Å². The molecule has 73 valence electrons. The Morgan fingerprint density at radius 2 is 2.00 bits per heavy atom. The lowest BCUT2D eigenvalue weighted by molar-refractivity contribution is 0.0365. The van der Waals surface area contributed by atoms with Crippen molar-refractivity contribution >= 4 is 12.0 Å². The van der Waals surface area contributed by atoms with Gasteiger partial charge in [0.2, 0.25) is 0 Å². The van der Waals surface area contributed by atoms with Crippen LogP contribution >= 0.6 is 0 Å². The van der Waals surface area contributed by atoms with E-state index in [4.69, 9.17) is 0 Å². The summed E-state index contributed by atoms with van der Waals surface area (Å²) in [5.41, 5.74) is 1.38. The van der Waals surface area contributed by atoms with Crippen LogP contribution in [0.1, 0.15) is 15.9 Å². The van der Waals surface area contributed by atoms with Gasteiger partial charge in [-0.2, -0.15) is 0 Å². The average molecular weight is 191 g/mol. The standard InChI is InChI=1S/C11H11O3/c1-2-9-3-5-10(6-4-9)11(13)14-8-7-12/h2-6H,1,7-8H2. The average Bonchev–Trinajstić information content (AvgIpc) is 2.26. The van der Waals surface area contributed by atoms with E-state index in [9.17, 15) is 9.90 Å². The summed E-state index contributed by atoms with van der Waals surface area (Å²) >= 11 is 0. The smallest absolute Gasteiger partial charge is 0.338 e. The summed E-state index contributed by atoms with van der Waals surface area (Å²) in [5, 5.41) is 10.1. The molecule has 3 nitrogen and oxygen atoms in total. The predicted octanol–water partition coefficient (Wildman–Crippen LogP) is 1.92. The second kappa shape index (κ2) is 5.19. The highest BCUT2D eigenvalue weighted by Gasteiger charge is 2.05. The fourth-order valence-corrected chi connectivity index (χ4v) is 0.973. The molecule has 0 aliphatic heterocycles. The van der Waals surface area contributed by atoms with Gasteiger partial charge < -0.3 is 4.74 Å². The monoisotopic (exact) mass is 191 g/mol. The van der Waals surface area contributed by atoms with E-state index < -0.39 is 12.6 Å². The topological polar surface area (TPSA) is 46.2 Å². The molecule has 0 saturated heterocycles. The van der Waals surface area contributed by atoms with Crippen LogP contribution in [-0.2, 0) is 9.84 Å². The second-order valence-electron chi connectivity index (χ2n) is 2.67. The second-order valence-corrected chi connectivity index (χ2v) is 2.67. The van der Waals surface area contributed by atoms with Crippen LogP contribution in [0, 0.1) is 0 Å². The maximum Gasteiger partial charge on any atom is 0.338 e. The van der Waals surface area contributed by atoms with Crippen molar-refractivity contribution in [3.05, 3.63) is 42.0 Å². The molecule has 1 radical (unpaired) electrons. The first kappa shape index (κ1) is 10.5. The maximum absolute atomic E-state index is 11.2. The molecule has 1 aromatic carbocycles. The number of esters is 1. The van der Waals surface area contributed by atoms with Crippen LogP contribution in [0.25, 0.3) is 6.08 Å². The Morgan fingerprint density at radius 1 is 1.36 bits per heavy atom. The summed E-state index contributed by atoms with van der Waals surface area (Å²) in [6.07, 6.45) is 1.69. The minimum absolute atomic E-state index is 0.0813. The molecule has 14 heavy (non-hydrogen) atoms. The predicted molar refractivity (Wildman–Crippen MR) is 52.4 cm³/mol. The van der Waals surface area contributed by atoms with Gasteiger partial charge >= 0.3 is 5.97 Å². The van der Waals surface area contributed by atoms with Crippen molar-refractivity contribution in [3.8, 4) is 0 Å². The maximum atomic E-state index is 11.2. The van der Waals surface area contributed by atoms with Gasteiger partial charge in [0.1, 0.15) is 13.2 Å². The van der Waals surface area contributed by atoms with Gasteiger partial charge in [0.05, 0.1) is 5.56 Å². The SMILES string of the molecule is C=Cc1ccc(C(=O)OCC[O])cc1. The van der Waals surface area contributed by atoms with Gasteiger partial charge in [-0.05, 0) is 17.7 Å². The van der Waals surface area contributed by atoms with E-state index in [0.29, 0.717) is 5.56 Å². The van der Waals surface area contributed by atoms with Crippen molar-refractivity contribution in [3.63, 3.8) is 0 Å². The van der Waals surface area contributed by atoms with Crippen LogP contribution in [0.5, 0.6) is 0 Å². The highest BCUT2D eigenvalue weighted by atomic mass is 16.5. The Hall–Kier alpha value is -1.61. The third kappa shape index (κ3) is 2.71. The van der Waals surface area contributed by atoms with Crippen LogP contribution < -0.4 is 0 Å². The molecular formula is C11H11O3. The molecule has 0 amide bonds. The molecule has 0 spiro atoms. The molecule has 0 unspecified atom stereocenters. The quantitative estimate of drug-likeness (QED) is 0.682. The van der Waals surface area contributed by atoms with E-state index >= 15 is 0 Å². The molecular weight excluding hydrogens is 180 g/mol. The Morgan fingerprint density at radius 3 is 2.50 bits per heavy atom. The first-order valence-corrected chi connectivity index (χ1v) is 4.25. The minimum atomic E-state index is -0.462. The molecule has 0 aliphatic carbocycles. The van der Waals surface area contributed by atoms with Crippen LogP contribution in [-0.4, -0.2) is 19.2 Å². The number of hydrogen-bond acceptors (Lipinski definition) is 2. The van der Waals surface area contributed by atoms with E-state index in [2.05, 4.69) is 11.3 Å². The summed E-state index contributed by atoms with van der Waals surface area (Å²) in [4.78, 5) is 11.2. The lowest BCUT2D eigenvalue weighted by Crippen LogP contribution is -2.07. The van der Waals surface area contributed by atoms with Crippen LogP contribution in [0.2, 0.25) is 0 Å². The van der Waals surface area contributed by atoms with Gasteiger partial charge in [-0.15, -0.1) is 0 Å². The lowest BCUT2D eigenvalue weighted by Gasteiger charge is -2.01. The molecule has 0 aromatic heterocycles. The zero-order valence-electron chi connectivity index (χ0n) is 7.73. The van der Waals surface area contributed by atoms with Crippen LogP contribution in [0.15, 0.2) is 30.8 Å². The van der Waals surface area contributed by atoms with Crippen molar-refractivity contribution in [1.82, 2.24) is 0 Å². The highest BCUT2D eigenvalue weighted by Crippen LogP contribution is 2.06. The van der Waals surface area contributed by atoms with Gasteiger partial charge in [-0.3, -0.25) is 0 Å². The highest BCUT2D eigenvalue weighted by molar-refractivity contribution is 5.89. The van der Waals surface area contributed by atoms with Gasteiger partial charge in [0.15, 0.2) is 0 Å². The van der Waals surface area contributed by atoms with Gasteiger partial charge in [0.25, 0.3) is 0 Å². The summed E-state index contributed by atoms with van der Waals surface area (Å²) in [6.45, 7) is 3.11. The molecule has 0 heterocycles. The summed E-state index contributed by atoms with van der Waals surface area (Å²) in [6, 6.07) is 6.82. The molecule has 3 heteroatoms. The minimum Gasteiger partial charge on any atom is -0.460 e. The summed E-state index contributed by atoms with van der Waals surface area (Å²) in [7, 11) is 0. The molecule has 0 bridgehead atoms. The normalized spacial score (nSPS) is 9.50. The van der Waals surface area contributed by atoms with Crippen molar-refractivity contribution in [1.29, 1.82) is 0 Å². The lowest BCUT2D eigenvalue weighted by atomic mass is 10.1. The Balaban J connectivity index is 2.66. The van der Waals surface area contributed by atoms with Crippen molar-refractivity contribution in [2.45, 2.75) is 0 Å². The zero-order valence-corrected chi connectivity index (χ0v) is 7.73. The van der Waals surface area contributed by atoms with Gasteiger partial charge in [-0.1, -0.05) is 24.8 Å². The molecule has 0 atom stereocenters. The first-order valence-electron chi connectivity index (χ1n) is 4.25. The van der Waals surface area contributed by atoms with Crippen molar-refractivity contribution < 1.29 is 14.6 Å². The van der Waals surface area contributed by atoms with Gasteiger partial charge in [-0.25, -0.2) is 9.90 Å². The molecule has 0 N–H and O–H groups in total. The van der Waals surface area contributed by atoms with Crippen LogP contribution in [0.3, 0.4) is 0 Å². The first-order chi connectivity index (χ1) is 6.77. The number of carbonyl (C=O) groups is 1. The summed E-state index contributed by atoms with van der Waals surface area (Å²) < 4.78 is 4.67. The molecule has 1 rings (SSSR count). The van der Waals surface area contributed by atoms with Gasteiger partial charge in [0, 0.05) is 0 Å². The Labute approximate surface area is 82.6 Å². The number of benzene rings is 1. The molecule has 1 aromatic rings. The Kier molecular flexibility index (Phi) is 3.88. The third-order valence-corrected chi connectivity index (χ3v) is 1.70. The molecule has 0 aliphatic rings.